The fourth-order valence-corrected chi connectivity index (χ4v) is 6.28. The van der Waals surface area contributed by atoms with E-state index in [2.05, 4.69) is 0 Å². The molecule has 0 radical (unpaired) electrons. The summed E-state index contributed by atoms with van der Waals surface area (Å²) in [6.07, 6.45) is 1.82. The van der Waals surface area contributed by atoms with Crippen molar-refractivity contribution in [2.24, 2.45) is 5.92 Å². The first-order chi connectivity index (χ1) is 20.3. The third-order valence-electron chi connectivity index (χ3n) is 8.60. The first-order valence-electron chi connectivity index (χ1n) is 14.7. The van der Waals surface area contributed by atoms with E-state index >= 15 is 0 Å². The summed E-state index contributed by atoms with van der Waals surface area (Å²) in [5.74, 6) is -0.393. The molecule has 0 saturated carbocycles. The Morgan fingerprint density at radius 2 is 1.57 bits per heavy atom. The smallest absolute Gasteiger partial charge is 0.309 e. The van der Waals surface area contributed by atoms with Crippen molar-refractivity contribution in [3.63, 3.8) is 0 Å². The minimum atomic E-state index is -1.00. The number of nitrogens with zero attached hydrogens (tertiary/aromatic N) is 3. The van der Waals surface area contributed by atoms with Gasteiger partial charge in [-0.1, -0.05) is 23.8 Å². The number of piperidine rings is 2. The van der Waals surface area contributed by atoms with E-state index < -0.39 is 11.8 Å². The maximum absolute atomic E-state index is 14.1. The quantitative estimate of drug-likeness (QED) is 0.485. The molecule has 0 unspecified atom stereocenters. The molecular formula is C32H39N3O7. The Labute approximate surface area is 246 Å². The van der Waals surface area contributed by atoms with E-state index in [1.165, 1.54) is 0 Å². The van der Waals surface area contributed by atoms with Crippen molar-refractivity contribution in [1.29, 1.82) is 0 Å². The first kappa shape index (κ1) is 29.6. The Bertz CT molecular complexity index is 1330. The molecule has 10 heteroatoms. The van der Waals surface area contributed by atoms with Gasteiger partial charge in [-0.05, 0) is 57.0 Å². The number of carbonyl (C=O) groups is 4. The van der Waals surface area contributed by atoms with Gasteiger partial charge in [0.15, 0.2) is 0 Å². The zero-order valence-corrected chi connectivity index (χ0v) is 24.5. The molecule has 42 heavy (non-hydrogen) atoms. The summed E-state index contributed by atoms with van der Waals surface area (Å²) in [5.41, 5.74) is 0.964. The Kier molecular flexibility index (Phi) is 8.82. The molecule has 1 spiro atoms. The van der Waals surface area contributed by atoms with Crippen LogP contribution in [-0.2, 0) is 19.1 Å². The van der Waals surface area contributed by atoms with Gasteiger partial charge in [0.25, 0.3) is 11.8 Å². The molecule has 3 saturated heterocycles. The van der Waals surface area contributed by atoms with Crippen molar-refractivity contribution in [1.82, 2.24) is 14.7 Å². The van der Waals surface area contributed by atoms with E-state index in [1.807, 2.05) is 25.1 Å². The fourth-order valence-electron chi connectivity index (χ4n) is 6.28. The molecule has 3 amide bonds. The molecule has 5 rings (SSSR count). The number of esters is 1. The molecule has 3 fully saturated rings. The summed E-state index contributed by atoms with van der Waals surface area (Å²) in [5, 5.41) is 0. The van der Waals surface area contributed by atoms with Crippen LogP contribution in [-0.4, -0.2) is 96.7 Å². The zero-order chi connectivity index (χ0) is 29.9. The number of benzene rings is 2. The summed E-state index contributed by atoms with van der Waals surface area (Å²) in [4.78, 5) is 58.7. The predicted molar refractivity (Wildman–Crippen MR) is 154 cm³/mol. The molecular weight excluding hydrogens is 538 g/mol. The lowest BCUT2D eigenvalue weighted by atomic mass is 9.94. The average Bonchev–Trinajstić information content (AvgIpc) is 3.38. The summed E-state index contributed by atoms with van der Waals surface area (Å²) in [6, 6.07) is 13.6. The van der Waals surface area contributed by atoms with Crippen LogP contribution in [0, 0.1) is 12.8 Å². The summed E-state index contributed by atoms with van der Waals surface area (Å²) in [7, 11) is 1.56. The van der Waals surface area contributed by atoms with Crippen LogP contribution in [0.4, 0.5) is 0 Å². The summed E-state index contributed by atoms with van der Waals surface area (Å²) in [6.45, 7) is 5.70. The molecule has 3 aliphatic rings. The van der Waals surface area contributed by atoms with Crippen LogP contribution in [0.3, 0.4) is 0 Å². The highest BCUT2D eigenvalue weighted by atomic mass is 16.5. The Morgan fingerprint density at radius 1 is 0.905 bits per heavy atom. The largest absolute Gasteiger partial charge is 0.497 e. The van der Waals surface area contributed by atoms with Gasteiger partial charge in [0.1, 0.15) is 17.5 Å². The van der Waals surface area contributed by atoms with E-state index in [1.54, 1.807) is 59.1 Å². The standard InChI is InChI=1S/C32H39N3O7/c1-4-41-31(39)23-11-15-33(16-12-23)30(38)27-21-42-32(35(27)29(37)24-8-5-7-22(2)19-24)13-17-34(18-14-32)28(36)25-9-6-10-26(20-25)40-3/h5-10,19-20,23,27H,4,11-18,21H2,1-3H3/t27-/m0/s1. The molecule has 0 bridgehead atoms. The topological polar surface area (TPSA) is 106 Å². The highest BCUT2D eigenvalue weighted by Gasteiger charge is 2.55. The first-order valence-corrected chi connectivity index (χ1v) is 14.7. The van der Waals surface area contributed by atoms with Crippen molar-refractivity contribution in [2.45, 2.75) is 51.3 Å². The monoisotopic (exact) mass is 577 g/mol. The van der Waals surface area contributed by atoms with E-state index in [0.29, 0.717) is 75.3 Å². The summed E-state index contributed by atoms with van der Waals surface area (Å²) >= 11 is 0. The van der Waals surface area contributed by atoms with Crippen LogP contribution in [0.1, 0.15) is 58.9 Å². The number of hydrogen-bond acceptors (Lipinski definition) is 7. The predicted octanol–water partition coefficient (Wildman–Crippen LogP) is 3.28. The van der Waals surface area contributed by atoms with E-state index in [-0.39, 0.29) is 36.2 Å². The second-order valence-electron chi connectivity index (χ2n) is 11.2. The fraction of sp³-hybridized carbons (Fsp3) is 0.500. The number of hydrogen-bond donors (Lipinski definition) is 0. The van der Waals surface area contributed by atoms with E-state index in [9.17, 15) is 19.2 Å². The van der Waals surface area contributed by atoms with Gasteiger partial charge in [0.2, 0.25) is 5.91 Å². The number of aryl methyl sites for hydroxylation is 1. The highest BCUT2D eigenvalue weighted by Crippen LogP contribution is 2.40. The highest BCUT2D eigenvalue weighted by molar-refractivity contribution is 5.99. The molecule has 224 valence electrons. The van der Waals surface area contributed by atoms with Gasteiger partial charge in [-0.15, -0.1) is 0 Å². The van der Waals surface area contributed by atoms with Gasteiger partial charge in [-0.3, -0.25) is 24.1 Å². The van der Waals surface area contributed by atoms with Crippen molar-refractivity contribution in [2.75, 3.05) is 46.5 Å². The Morgan fingerprint density at radius 3 is 2.21 bits per heavy atom. The number of rotatable bonds is 6. The van der Waals surface area contributed by atoms with Crippen molar-refractivity contribution in [3.05, 3.63) is 65.2 Å². The molecule has 0 aromatic heterocycles. The second-order valence-corrected chi connectivity index (χ2v) is 11.2. The van der Waals surface area contributed by atoms with Gasteiger partial charge in [-0.2, -0.15) is 0 Å². The maximum atomic E-state index is 14.1. The zero-order valence-electron chi connectivity index (χ0n) is 24.5. The van der Waals surface area contributed by atoms with Crippen LogP contribution in [0.2, 0.25) is 0 Å². The molecule has 1 atom stereocenters. The van der Waals surface area contributed by atoms with Gasteiger partial charge >= 0.3 is 5.97 Å². The molecule has 3 aliphatic heterocycles. The van der Waals surface area contributed by atoms with E-state index in [4.69, 9.17) is 14.2 Å². The molecule has 2 aromatic carbocycles. The lowest BCUT2D eigenvalue weighted by molar-refractivity contribution is -0.152. The molecule has 10 nitrogen and oxygen atoms in total. The normalized spacial score (nSPS) is 20.5. The van der Waals surface area contributed by atoms with Gasteiger partial charge in [0.05, 0.1) is 26.2 Å². The Hall–Kier alpha value is -3.92. The molecule has 2 aromatic rings. The number of amides is 3. The molecule has 3 heterocycles. The van der Waals surface area contributed by atoms with Crippen molar-refractivity contribution in [3.8, 4) is 5.75 Å². The van der Waals surface area contributed by atoms with Gasteiger partial charge in [0, 0.05) is 50.1 Å². The van der Waals surface area contributed by atoms with Crippen LogP contribution in [0.5, 0.6) is 5.75 Å². The van der Waals surface area contributed by atoms with Crippen LogP contribution in [0.15, 0.2) is 48.5 Å². The van der Waals surface area contributed by atoms with Gasteiger partial charge in [-0.25, -0.2) is 0 Å². The van der Waals surface area contributed by atoms with Crippen molar-refractivity contribution < 1.29 is 33.4 Å². The third-order valence-corrected chi connectivity index (χ3v) is 8.60. The van der Waals surface area contributed by atoms with Gasteiger partial charge < -0.3 is 24.0 Å². The second kappa shape index (κ2) is 12.5. The Balaban J connectivity index is 1.35. The van der Waals surface area contributed by atoms with E-state index in [0.717, 1.165) is 5.56 Å². The number of carbonyl (C=O) groups excluding carboxylic acids is 4. The number of likely N-dealkylation sites (tertiary alicyclic amines) is 2. The SMILES string of the molecule is CCOC(=O)C1CCN(C(=O)[C@@H]2COC3(CCN(C(=O)c4cccc(OC)c4)CC3)N2C(=O)c2cccc(C)c2)CC1. The average molecular weight is 578 g/mol. The maximum Gasteiger partial charge on any atom is 0.309 e. The summed E-state index contributed by atoms with van der Waals surface area (Å²) < 4.78 is 16.8. The lowest BCUT2D eigenvalue weighted by Crippen LogP contribution is -2.60. The minimum Gasteiger partial charge on any atom is -0.497 e. The number of ether oxygens (including phenoxy) is 3. The third kappa shape index (κ3) is 5.86. The van der Waals surface area contributed by atoms with Crippen LogP contribution < -0.4 is 4.74 Å². The van der Waals surface area contributed by atoms with Crippen LogP contribution >= 0.6 is 0 Å². The lowest BCUT2D eigenvalue weighted by Gasteiger charge is -2.45. The minimum absolute atomic E-state index is 0.0814. The van der Waals surface area contributed by atoms with Crippen molar-refractivity contribution >= 4 is 23.7 Å². The molecule has 0 aliphatic carbocycles. The van der Waals surface area contributed by atoms with Crippen LogP contribution in [0.25, 0.3) is 0 Å². The number of methoxy groups -OCH3 is 1. The molecule has 0 N–H and O–H groups in total.